The molecule has 1 aromatic carbocycles. The van der Waals surface area contributed by atoms with Crippen molar-refractivity contribution in [2.24, 2.45) is 0 Å². The lowest BCUT2D eigenvalue weighted by molar-refractivity contribution is -0.384. The number of nitrogens with zero attached hydrogens (tertiary/aromatic N) is 2. The second kappa shape index (κ2) is 5.09. The van der Waals surface area contributed by atoms with Gasteiger partial charge >= 0.3 is 5.97 Å². The van der Waals surface area contributed by atoms with Crippen molar-refractivity contribution in [2.75, 3.05) is 24.6 Å². The van der Waals surface area contributed by atoms with Gasteiger partial charge in [-0.1, -0.05) is 0 Å². The molecule has 108 valence electrons. The predicted octanol–water partition coefficient (Wildman–Crippen LogP) is 1.58. The highest BCUT2D eigenvalue weighted by atomic mass is 16.6. The Kier molecular flexibility index (Phi) is 3.63. The number of carboxylic acids is 1. The summed E-state index contributed by atoms with van der Waals surface area (Å²) in [6.07, 6.45) is 0. The number of carboxylic acid groups (broad SMARTS) is 1. The first-order valence-corrected chi connectivity index (χ1v) is 6.16. The van der Waals surface area contributed by atoms with Gasteiger partial charge in [0.15, 0.2) is 0 Å². The molecule has 1 fully saturated rings. The van der Waals surface area contributed by atoms with E-state index in [0.717, 1.165) is 11.3 Å². The van der Waals surface area contributed by atoms with Crippen LogP contribution in [0.5, 0.6) is 0 Å². The highest BCUT2D eigenvalue weighted by Crippen LogP contribution is 2.33. The fourth-order valence-electron chi connectivity index (χ4n) is 2.37. The van der Waals surface area contributed by atoms with Gasteiger partial charge in [-0.2, -0.15) is 0 Å². The fraction of sp³-hybridized carbons (Fsp3) is 0.462. The largest absolute Gasteiger partial charge is 0.480 e. The van der Waals surface area contributed by atoms with Crippen LogP contribution in [0.15, 0.2) is 18.2 Å². The predicted molar refractivity (Wildman–Crippen MR) is 72.0 cm³/mol. The first-order chi connectivity index (χ1) is 9.31. The van der Waals surface area contributed by atoms with Gasteiger partial charge in [-0.15, -0.1) is 0 Å². The van der Waals surface area contributed by atoms with Crippen molar-refractivity contribution in [1.29, 1.82) is 0 Å². The molecule has 0 saturated carbocycles. The zero-order chi connectivity index (χ0) is 14.9. The van der Waals surface area contributed by atoms with Gasteiger partial charge < -0.3 is 14.7 Å². The molecular weight excluding hydrogens is 264 g/mol. The van der Waals surface area contributed by atoms with Gasteiger partial charge in [0.05, 0.1) is 4.92 Å². The molecule has 7 heteroatoms. The highest BCUT2D eigenvalue weighted by Gasteiger charge is 2.40. The van der Waals surface area contributed by atoms with Crippen LogP contribution in [-0.4, -0.2) is 41.3 Å². The summed E-state index contributed by atoms with van der Waals surface area (Å²) in [5.41, 5.74) is 1.32. The summed E-state index contributed by atoms with van der Waals surface area (Å²) in [6.45, 7) is 4.49. The molecule has 0 amide bonds. The van der Waals surface area contributed by atoms with Gasteiger partial charge in [-0.25, -0.2) is 4.79 Å². The standard InChI is InChI=1S/C13H16N2O5/c1-9-5-10(15(18)19)3-4-11(9)14-7-13(2,8-14)20-6-12(16)17/h3-5H,6-8H2,1-2H3,(H,16,17). The zero-order valence-electron chi connectivity index (χ0n) is 11.3. The molecule has 7 nitrogen and oxygen atoms in total. The van der Waals surface area contributed by atoms with Crippen molar-refractivity contribution >= 4 is 17.3 Å². The number of rotatable bonds is 5. The molecule has 0 atom stereocenters. The topological polar surface area (TPSA) is 92.9 Å². The van der Waals surface area contributed by atoms with E-state index in [9.17, 15) is 14.9 Å². The number of hydrogen-bond donors (Lipinski definition) is 1. The van der Waals surface area contributed by atoms with Crippen molar-refractivity contribution in [3.8, 4) is 0 Å². The summed E-state index contributed by atoms with van der Waals surface area (Å²) < 4.78 is 5.33. The Bertz CT molecular complexity index is 552. The minimum Gasteiger partial charge on any atom is -0.480 e. The lowest BCUT2D eigenvalue weighted by Gasteiger charge is -2.49. The Balaban J connectivity index is 2.02. The van der Waals surface area contributed by atoms with Crippen LogP contribution in [0.4, 0.5) is 11.4 Å². The van der Waals surface area contributed by atoms with Crippen molar-refractivity contribution in [2.45, 2.75) is 19.4 Å². The third-order valence-electron chi connectivity index (χ3n) is 3.33. The number of hydrogen-bond acceptors (Lipinski definition) is 5. The van der Waals surface area contributed by atoms with Gasteiger partial charge in [0.2, 0.25) is 0 Å². The molecule has 0 radical (unpaired) electrons. The number of nitro benzene ring substituents is 1. The number of non-ortho nitro benzene ring substituents is 1. The quantitative estimate of drug-likeness (QED) is 0.650. The maximum Gasteiger partial charge on any atom is 0.329 e. The van der Waals surface area contributed by atoms with Crippen molar-refractivity contribution in [3.63, 3.8) is 0 Å². The Morgan fingerprint density at radius 2 is 2.20 bits per heavy atom. The number of nitro groups is 1. The van der Waals surface area contributed by atoms with E-state index in [0.29, 0.717) is 13.1 Å². The number of carbonyl (C=O) groups is 1. The van der Waals surface area contributed by atoms with E-state index < -0.39 is 16.5 Å². The zero-order valence-corrected chi connectivity index (χ0v) is 11.3. The number of benzene rings is 1. The summed E-state index contributed by atoms with van der Waals surface area (Å²) >= 11 is 0. The minimum absolute atomic E-state index is 0.0664. The van der Waals surface area contributed by atoms with E-state index >= 15 is 0 Å². The molecule has 1 aliphatic heterocycles. The smallest absolute Gasteiger partial charge is 0.329 e. The summed E-state index contributed by atoms with van der Waals surface area (Å²) in [4.78, 5) is 22.8. The monoisotopic (exact) mass is 280 g/mol. The van der Waals surface area contributed by atoms with Crippen LogP contribution in [0, 0.1) is 17.0 Å². The third-order valence-corrected chi connectivity index (χ3v) is 3.33. The Morgan fingerprint density at radius 3 is 2.70 bits per heavy atom. The summed E-state index contributed by atoms with van der Waals surface area (Å²) in [5.74, 6) is -0.990. The number of aliphatic carboxylic acids is 1. The Labute approximate surface area is 115 Å². The van der Waals surface area contributed by atoms with Gasteiger partial charge in [0.25, 0.3) is 5.69 Å². The van der Waals surface area contributed by atoms with Gasteiger partial charge in [0, 0.05) is 30.9 Å². The lowest BCUT2D eigenvalue weighted by Crippen LogP contribution is -2.62. The normalized spacial score (nSPS) is 16.6. The Hall–Kier alpha value is -2.15. The first-order valence-electron chi connectivity index (χ1n) is 6.16. The highest BCUT2D eigenvalue weighted by molar-refractivity contribution is 5.68. The summed E-state index contributed by atoms with van der Waals surface area (Å²) in [7, 11) is 0. The molecule has 2 rings (SSSR count). The van der Waals surface area contributed by atoms with E-state index in [1.165, 1.54) is 12.1 Å². The molecule has 1 aromatic rings. The number of aryl methyl sites for hydroxylation is 1. The second-order valence-electron chi connectivity index (χ2n) is 5.22. The number of ether oxygens (including phenoxy) is 1. The maximum atomic E-state index is 10.7. The van der Waals surface area contributed by atoms with Crippen molar-refractivity contribution in [3.05, 3.63) is 33.9 Å². The van der Waals surface area contributed by atoms with Crippen molar-refractivity contribution in [1.82, 2.24) is 0 Å². The van der Waals surface area contributed by atoms with E-state index in [1.54, 1.807) is 6.07 Å². The molecule has 0 unspecified atom stereocenters. The van der Waals surface area contributed by atoms with Crippen LogP contribution in [0.1, 0.15) is 12.5 Å². The average molecular weight is 280 g/mol. The maximum absolute atomic E-state index is 10.7. The van der Waals surface area contributed by atoms with Crippen LogP contribution in [0.25, 0.3) is 0 Å². The lowest BCUT2D eigenvalue weighted by atomic mass is 9.94. The Morgan fingerprint density at radius 1 is 1.55 bits per heavy atom. The first kappa shape index (κ1) is 14.3. The molecule has 1 N–H and O–H groups in total. The average Bonchev–Trinajstić information content (AvgIpc) is 2.33. The molecule has 1 heterocycles. The minimum atomic E-state index is -0.990. The van der Waals surface area contributed by atoms with Crippen LogP contribution in [0.3, 0.4) is 0 Å². The summed E-state index contributed by atoms with van der Waals surface area (Å²) in [6, 6.07) is 4.71. The molecule has 20 heavy (non-hydrogen) atoms. The molecular formula is C13H16N2O5. The van der Waals surface area contributed by atoms with Crippen LogP contribution in [-0.2, 0) is 9.53 Å². The van der Waals surface area contributed by atoms with E-state index in [4.69, 9.17) is 9.84 Å². The molecule has 0 aliphatic carbocycles. The second-order valence-corrected chi connectivity index (χ2v) is 5.22. The molecule has 0 aromatic heterocycles. The SMILES string of the molecule is Cc1cc([N+](=O)[O-])ccc1N1CC(C)(OCC(=O)O)C1. The van der Waals surface area contributed by atoms with E-state index in [1.807, 2.05) is 18.7 Å². The molecule has 1 saturated heterocycles. The van der Waals surface area contributed by atoms with E-state index in [-0.39, 0.29) is 12.3 Å². The van der Waals surface area contributed by atoms with Gasteiger partial charge in [-0.3, -0.25) is 10.1 Å². The van der Waals surface area contributed by atoms with Crippen LogP contribution in [0.2, 0.25) is 0 Å². The van der Waals surface area contributed by atoms with Crippen LogP contribution >= 0.6 is 0 Å². The van der Waals surface area contributed by atoms with Crippen molar-refractivity contribution < 1.29 is 19.6 Å². The van der Waals surface area contributed by atoms with E-state index in [2.05, 4.69) is 0 Å². The summed E-state index contributed by atoms with van der Waals surface area (Å²) in [5, 5.41) is 19.3. The molecule has 1 aliphatic rings. The molecule has 0 bridgehead atoms. The fourth-order valence-corrected chi connectivity index (χ4v) is 2.37. The molecule has 0 spiro atoms. The number of anilines is 1. The van der Waals surface area contributed by atoms with Crippen LogP contribution < -0.4 is 4.90 Å². The van der Waals surface area contributed by atoms with Gasteiger partial charge in [-0.05, 0) is 25.5 Å². The van der Waals surface area contributed by atoms with Gasteiger partial charge in [0.1, 0.15) is 12.2 Å². The third kappa shape index (κ3) is 2.88.